The van der Waals surface area contributed by atoms with Gasteiger partial charge in [-0.2, -0.15) is 4.98 Å². The van der Waals surface area contributed by atoms with Crippen molar-refractivity contribution in [3.05, 3.63) is 21.2 Å². The van der Waals surface area contributed by atoms with Gasteiger partial charge in [-0.1, -0.05) is 11.6 Å². The molecular weight excluding hydrogens is 296 g/mol. The molecule has 2 rings (SSSR count). The van der Waals surface area contributed by atoms with E-state index in [0.29, 0.717) is 11.9 Å². The molecule has 1 aromatic heterocycles. The average molecular weight is 315 g/mol. The monoisotopic (exact) mass is 314 g/mol. The smallest absolute Gasteiger partial charge is 0.313 e. The standard InChI is InChI=1S/C13H19ClN4O3/c1-16(2)9-4-6-17(7-5-9)12-11(18(19)20)8-10(14)13(15-12)21-3/h8-9H,4-7H2,1-3H3. The van der Waals surface area contributed by atoms with Crippen LogP contribution in [0.5, 0.6) is 5.88 Å². The highest BCUT2D eigenvalue weighted by Crippen LogP contribution is 2.35. The van der Waals surface area contributed by atoms with Crippen molar-refractivity contribution < 1.29 is 9.66 Å². The lowest BCUT2D eigenvalue weighted by molar-refractivity contribution is -0.384. The van der Waals surface area contributed by atoms with Crippen molar-refractivity contribution in [1.82, 2.24) is 9.88 Å². The second-order valence-electron chi connectivity index (χ2n) is 5.26. The van der Waals surface area contributed by atoms with Crippen LogP contribution in [0, 0.1) is 10.1 Å². The molecule has 1 aliphatic heterocycles. The second kappa shape index (κ2) is 6.44. The summed E-state index contributed by atoms with van der Waals surface area (Å²) in [5.74, 6) is 0.547. The van der Waals surface area contributed by atoms with E-state index >= 15 is 0 Å². The Labute approximate surface area is 128 Å². The summed E-state index contributed by atoms with van der Waals surface area (Å²) in [5.41, 5.74) is -0.0795. The molecule has 0 radical (unpaired) electrons. The SMILES string of the molecule is COc1nc(N2CCC(N(C)C)CC2)c([N+](=O)[O-])cc1Cl. The summed E-state index contributed by atoms with van der Waals surface area (Å²) in [7, 11) is 5.54. The van der Waals surface area contributed by atoms with E-state index in [9.17, 15) is 10.1 Å². The molecular formula is C13H19ClN4O3. The molecule has 0 amide bonds. The highest BCUT2D eigenvalue weighted by Gasteiger charge is 2.28. The number of piperidine rings is 1. The maximum absolute atomic E-state index is 11.2. The van der Waals surface area contributed by atoms with Gasteiger partial charge in [-0.05, 0) is 26.9 Å². The van der Waals surface area contributed by atoms with Crippen LogP contribution in [0.25, 0.3) is 0 Å². The van der Waals surface area contributed by atoms with Gasteiger partial charge in [0.15, 0.2) is 0 Å². The van der Waals surface area contributed by atoms with Crippen LogP contribution in [0.4, 0.5) is 11.5 Å². The van der Waals surface area contributed by atoms with Crippen LogP contribution >= 0.6 is 11.6 Å². The van der Waals surface area contributed by atoms with Gasteiger partial charge < -0.3 is 14.5 Å². The van der Waals surface area contributed by atoms with Crippen LogP contribution in [0.15, 0.2) is 6.07 Å². The van der Waals surface area contributed by atoms with E-state index in [1.54, 1.807) is 0 Å². The lowest BCUT2D eigenvalue weighted by Gasteiger charge is -2.35. The van der Waals surface area contributed by atoms with Crippen molar-refractivity contribution in [3.8, 4) is 5.88 Å². The van der Waals surface area contributed by atoms with Crippen LogP contribution < -0.4 is 9.64 Å². The van der Waals surface area contributed by atoms with Gasteiger partial charge in [-0.3, -0.25) is 10.1 Å². The minimum absolute atomic E-state index is 0.0795. The van der Waals surface area contributed by atoms with Gasteiger partial charge >= 0.3 is 5.69 Å². The molecule has 8 heteroatoms. The number of methoxy groups -OCH3 is 1. The maximum Gasteiger partial charge on any atom is 0.313 e. The number of ether oxygens (including phenoxy) is 1. The number of pyridine rings is 1. The molecule has 0 unspecified atom stereocenters. The van der Waals surface area contributed by atoms with E-state index < -0.39 is 4.92 Å². The van der Waals surface area contributed by atoms with Crippen LogP contribution in [0.2, 0.25) is 5.02 Å². The van der Waals surface area contributed by atoms with E-state index in [2.05, 4.69) is 9.88 Å². The second-order valence-corrected chi connectivity index (χ2v) is 5.67. The Kier molecular flexibility index (Phi) is 4.84. The van der Waals surface area contributed by atoms with Crippen molar-refractivity contribution in [3.63, 3.8) is 0 Å². The first-order chi connectivity index (χ1) is 9.93. The Bertz CT molecular complexity index is 530. The van der Waals surface area contributed by atoms with Crippen LogP contribution in [-0.4, -0.2) is 55.1 Å². The van der Waals surface area contributed by atoms with Crippen LogP contribution in [0.1, 0.15) is 12.8 Å². The molecule has 116 valence electrons. The number of nitrogens with zero attached hydrogens (tertiary/aromatic N) is 4. The Morgan fingerprint density at radius 2 is 2.10 bits per heavy atom. The summed E-state index contributed by atoms with van der Waals surface area (Å²) in [6, 6.07) is 1.80. The Hall–Kier alpha value is -1.60. The van der Waals surface area contributed by atoms with E-state index in [1.165, 1.54) is 13.2 Å². The van der Waals surface area contributed by atoms with E-state index in [0.717, 1.165) is 25.9 Å². The third kappa shape index (κ3) is 3.36. The van der Waals surface area contributed by atoms with Gasteiger partial charge in [0.05, 0.1) is 12.0 Å². The largest absolute Gasteiger partial charge is 0.480 e. The molecule has 0 N–H and O–H groups in total. The first kappa shape index (κ1) is 15.8. The van der Waals surface area contributed by atoms with Gasteiger partial charge in [0.2, 0.25) is 11.7 Å². The highest BCUT2D eigenvalue weighted by atomic mass is 35.5. The fourth-order valence-corrected chi connectivity index (χ4v) is 2.78. The van der Waals surface area contributed by atoms with Crippen molar-refractivity contribution in [2.24, 2.45) is 0 Å². The summed E-state index contributed by atoms with van der Waals surface area (Å²) >= 11 is 5.93. The number of hydrogen-bond acceptors (Lipinski definition) is 6. The predicted molar refractivity (Wildman–Crippen MR) is 81.4 cm³/mol. The molecule has 1 aliphatic rings. The van der Waals surface area contributed by atoms with Gasteiger partial charge in [-0.25, -0.2) is 0 Å². The zero-order chi connectivity index (χ0) is 15.6. The van der Waals surface area contributed by atoms with Gasteiger partial charge in [0.25, 0.3) is 0 Å². The Balaban J connectivity index is 2.28. The molecule has 0 bridgehead atoms. The third-order valence-electron chi connectivity index (χ3n) is 3.79. The number of halogens is 1. The molecule has 0 spiro atoms. The van der Waals surface area contributed by atoms with Crippen molar-refractivity contribution in [2.75, 3.05) is 39.2 Å². The molecule has 0 saturated carbocycles. The van der Waals surface area contributed by atoms with E-state index in [-0.39, 0.29) is 16.6 Å². The highest BCUT2D eigenvalue weighted by molar-refractivity contribution is 6.32. The third-order valence-corrected chi connectivity index (χ3v) is 4.06. The molecule has 0 aliphatic carbocycles. The Morgan fingerprint density at radius 1 is 1.48 bits per heavy atom. The first-order valence-electron chi connectivity index (χ1n) is 6.74. The predicted octanol–water partition coefficient (Wildman–Crippen LogP) is 2.18. The van der Waals surface area contributed by atoms with E-state index in [1.807, 2.05) is 19.0 Å². The lowest BCUT2D eigenvalue weighted by atomic mass is 10.0. The average Bonchev–Trinajstić information content (AvgIpc) is 2.47. The van der Waals surface area contributed by atoms with Crippen molar-refractivity contribution in [1.29, 1.82) is 0 Å². The van der Waals surface area contributed by atoms with Gasteiger partial charge in [0, 0.05) is 25.2 Å². The number of nitro groups is 1. The van der Waals surface area contributed by atoms with Crippen molar-refractivity contribution >= 4 is 23.1 Å². The molecule has 1 saturated heterocycles. The molecule has 7 nitrogen and oxygen atoms in total. The minimum atomic E-state index is -0.453. The fourth-order valence-electron chi connectivity index (χ4n) is 2.56. The molecule has 1 fully saturated rings. The number of anilines is 1. The fraction of sp³-hybridized carbons (Fsp3) is 0.615. The summed E-state index contributed by atoms with van der Waals surface area (Å²) < 4.78 is 5.07. The van der Waals surface area contributed by atoms with E-state index in [4.69, 9.17) is 16.3 Å². The topological polar surface area (TPSA) is 71.7 Å². The normalized spacial score (nSPS) is 16.3. The summed E-state index contributed by atoms with van der Waals surface area (Å²) in [5, 5.41) is 11.4. The maximum atomic E-state index is 11.2. The molecule has 1 aromatic rings. The van der Waals surface area contributed by atoms with Crippen LogP contribution in [-0.2, 0) is 0 Å². The summed E-state index contributed by atoms with van der Waals surface area (Å²) in [6.07, 6.45) is 1.88. The zero-order valence-electron chi connectivity index (χ0n) is 12.4. The zero-order valence-corrected chi connectivity index (χ0v) is 13.1. The molecule has 0 aromatic carbocycles. The molecule has 2 heterocycles. The lowest BCUT2D eigenvalue weighted by Crippen LogP contribution is -2.42. The first-order valence-corrected chi connectivity index (χ1v) is 7.12. The van der Waals surface area contributed by atoms with Gasteiger partial charge in [0.1, 0.15) is 5.02 Å². The van der Waals surface area contributed by atoms with Crippen molar-refractivity contribution in [2.45, 2.75) is 18.9 Å². The molecule has 0 atom stereocenters. The number of aromatic nitrogens is 1. The Morgan fingerprint density at radius 3 is 2.57 bits per heavy atom. The molecule has 21 heavy (non-hydrogen) atoms. The minimum Gasteiger partial charge on any atom is -0.480 e. The van der Waals surface area contributed by atoms with Crippen LogP contribution in [0.3, 0.4) is 0 Å². The number of hydrogen-bond donors (Lipinski definition) is 0. The quantitative estimate of drug-likeness (QED) is 0.626. The summed E-state index contributed by atoms with van der Waals surface area (Å²) in [6.45, 7) is 1.45. The van der Waals surface area contributed by atoms with Gasteiger partial charge in [-0.15, -0.1) is 0 Å². The summed E-state index contributed by atoms with van der Waals surface area (Å²) in [4.78, 5) is 19.1. The number of rotatable bonds is 4.